The number of carbonyl (C=O) groups is 2. The summed E-state index contributed by atoms with van der Waals surface area (Å²) < 4.78 is 41.2. The minimum atomic E-state index is -4.13. The molecule has 2 fully saturated rings. The van der Waals surface area contributed by atoms with Gasteiger partial charge in [-0.25, -0.2) is 17.5 Å². The zero-order chi connectivity index (χ0) is 23.4. The van der Waals surface area contributed by atoms with Gasteiger partial charge in [0.05, 0.1) is 16.5 Å². The molecule has 9 heteroatoms. The van der Waals surface area contributed by atoms with Gasteiger partial charge in [-0.15, -0.1) is 0 Å². The second-order valence-electron chi connectivity index (χ2n) is 8.71. The maximum Gasteiger partial charge on any atom is 0.267 e. The first kappa shape index (κ1) is 23.4. The zero-order valence-corrected chi connectivity index (χ0v) is 19.0. The van der Waals surface area contributed by atoms with E-state index >= 15 is 0 Å². The van der Waals surface area contributed by atoms with Gasteiger partial charge in [0.25, 0.3) is 15.9 Å². The lowest BCUT2D eigenvalue weighted by Gasteiger charge is -2.30. The van der Waals surface area contributed by atoms with Crippen LogP contribution in [-0.2, 0) is 14.8 Å². The van der Waals surface area contributed by atoms with Gasteiger partial charge in [0, 0.05) is 5.69 Å². The Bertz CT molecular complexity index is 1120. The summed E-state index contributed by atoms with van der Waals surface area (Å²) in [6.45, 7) is 0.780. The number of anilines is 1. The molecule has 2 atom stereocenters. The van der Waals surface area contributed by atoms with Crippen molar-refractivity contribution in [2.75, 3.05) is 11.9 Å². The number of amides is 2. The summed E-state index contributed by atoms with van der Waals surface area (Å²) in [6.07, 6.45) is 6.88. The van der Waals surface area contributed by atoms with E-state index in [0.29, 0.717) is 5.92 Å². The predicted molar refractivity (Wildman–Crippen MR) is 123 cm³/mol. The highest BCUT2D eigenvalue weighted by atomic mass is 32.2. The summed E-state index contributed by atoms with van der Waals surface area (Å²) in [5.41, 5.74) is -0.206. The van der Waals surface area contributed by atoms with Crippen molar-refractivity contribution in [3.05, 3.63) is 59.9 Å². The molecule has 0 aromatic heterocycles. The molecule has 2 amide bonds. The first-order valence-electron chi connectivity index (χ1n) is 11.3. The fourth-order valence-corrected chi connectivity index (χ4v) is 5.90. The summed E-state index contributed by atoms with van der Waals surface area (Å²) in [6, 6.07) is 10.6. The Kier molecular flexibility index (Phi) is 7.09. The van der Waals surface area contributed by atoms with Crippen LogP contribution in [0.1, 0.15) is 48.9 Å². The molecule has 1 aliphatic carbocycles. The number of halogens is 1. The van der Waals surface area contributed by atoms with Crippen molar-refractivity contribution in [3.8, 4) is 0 Å². The van der Waals surface area contributed by atoms with E-state index in [1.165, 1.54) is 55.7 Å². The number of nitrogens with one attached hydrogen (secondary N) is 3. The van der Waals surface area contributed by atoms with Gasteiger partial charge in [-0.1, -0.05) is 50.3 Å². The van der Waals surface area contributed by atoms with E-state index in [2.05, 4.69) is 10.6 Å². The molecule has 3 N–H and O–H groups in total. The number of hydrogen-bond acceptors (Lipinski definition) is 5. The lowest BCUT2D eigenvalue weighted by atomic mass is 9.76. The molecule has 0 unspecified atom stereocenters. The van der Waals surface area contributed by atoms with Crippen LogP contribution in [-0.4, -0.2) is 32.8 Å². The predicted octanol–water partition coefficient (Wildman–Crippen LogP) is 3.44. The molecule has 4 rings (SSSR count). The van der Waals surface area contributed by atoms with Crippen LogP contribution in [0.25, 0.3) is 0 Å². The van der Waals surface area contributed by atoms with Crippen molar-refractivity contribution in [2.45, 2.75) is 49.5 Å². The number of carbonyl (C=O) groups excluding carboxylic acids is 2. The number of hydrogen-bond donors (Lipinski definition) is 3. The minimum absolute atomic E-state index is 0.0979. The highest BCUT2D eigenvalue weighted by molar-refractivity contribution is 7.90. The molecule has 2 aliphatic rings. The standard InChI is InChI=1S/C24H28FN3O4S/c25-21-15-17(27-24(30)22-19(13-14-26-22)16-7-3-1-4-8-16)11-12-20(21)23(29)28-33(31,32)18-9-5-2-6-10-18/h2,5-6,9-12,15-16,19,22,26H,1,3-4,7-8,13-14H2,(H,27,30)(H,28,29)/t19-,22-/m0/s1. The zero-order valence-electron chi connectivity index (χ0n) is 18.2. The normalized spacial score (nSPS) is 21.5. The molecule has 7 nitrogen and oxygen atoms in total. The highest BCUT2D eigenvalue weighted by Crippen LogP contribution is 2.36. The van der Waals surface area contributed by atoms with Crippen molar-refractivity contribution in [1.29, 1.82) is 0 Å². The van der Waals surface area contributed by atoms with Crippen LogP contribution in [0.4, 0.5) is 10.1 Å². The molecular formula is C24H28FN3O4S. The van der Waals surface area contributed by atoms with Gasteiger partial charge in [0.15, 0.2) is 0 Å². The Labute approximate surface area is 193 Å². The third-order valence-corrected chi connectivity index (χ3v) is 7.92. The third kappa shape index (κ3) is 5.42. The quantitative estimate of drug-likeness (QED) is 0.596. The summed E-state index contributed by atoms with van der Waals surface area (Å²) in [4.78, 5) is 25.2. The molecule has 0 radical (unpaired) electrons. The lowest BCUT2D eigenvalue weighted by Crippen LogP contribution is -2.42. The molecule has 2 aromatic rings. The second-order valence-corrected chi connectivity index (χ2v) is 10.4. The van der Waals surface area contributed by atoms with Crippen LogP contribution in [0.3, 0.4) is 0 Å². The van der Waals surface area contributed by atoms with Crippen LogP contribution >= 0.6 is 0 Å². The van der Waals surface area contributed by atoms with E-state index in [9.17, 15) is 22.4 Å². The molecule has 0 bridgehead atoms. The van der Waals surface area contributed by atoms with Gasteiger partial charge in [-0.05, 0) is 55.1 Å². The molecule has 1 aliphatic heterocycles. The van der Waals surface area contributed by atoms with Crippen molar-refractivity contribution in [1.82, 2.24) is 10.0 Å². The number of rotatable bonds is 6. The number of sulfonamides is 1. The number of benzene rings is 2. The fraction of sp³-hybridized carbons (Fsp3) is 0.417. The summed E-state index contributed by atoms with van der Waals surface area (Å²) in [5, 5.41) is 6.02. The molecule has 1 saturated carbocycles. The van der Waals surface area contributed by atoms with E-state index in [1.807, 2.05) is 4.72 Å². The second kappa shape index (κ2) is 10.0. The monoisotopic (exact) mass is 473 g/mol. The molecule has 2 aromatic carbocycles. The SMILES string of the molecule is O=C(NS(=O)(=O)c1ccccc1)c1ccc(NC(=O)[C@H]2NCC[C@H]2C2CCCCC2)cc1F. The van der Waals surface area contributed by atoms with E-state index in [1.54, 1.807) is 6.07 Å². The van der Waals surface area contributed by atoms with Gasteiger partial charge in [0.2, 0.25) is 5.91 Å². The van der Waals surface area contributed by atoms with Crippen molar-refractivity contribution in [2.24, 2.45) is 11.8 Å². The molecular weight excluding hydrogens is 445 g/mol. The van der Waals surface area contributed by atoms with Gasteiger partial charge in [-0.2, -0.15) is 0 Å². The van der Waals surface area contributed by atoms with E-state index in [0.717, 1.165) is 31.9 Å². The first-order valence-corrected chi connectivity index (χ1v) is 12.8. The first-order chi connectivity index (χ1) is 15.8. The molecule has 176 valence electrons. The average Bonchev–Trinajstić information content (AvgIpc) is 3.30. The van der Waals surface area contributed by atoms with Crippen LogP contribution in [0.15, 0.2) is 53.4 Å². The van der Waals surface area contributed by atoms with Crippen LogP contribution in [0, 0.1) is 17.7 Å². The van der Waals surface area contributed by atoms with E-state index in [4.69, 9.17) is 0 Å². The Morgan fingerprint density at radius 1 is 0.970 bits per heavy atom. The van der Waals surface area contributed by atoms with Gasteiger partial charge in [-0.3, -0.25) is 9.59 Å². The van der Waals surface area contributed by atoms with E-state index < -0.39 is 27.3 Å². The average molecular weight is 474 g/mol. The summed E-state index contributed by atoms with van der Waals surface area (Å²) in [5.74, 6) is -1.42. The maximum absolute atomic E-state index is 14.7. The third-order valence-electron chi connectivity index (χ3n) is 6.57. The van der Waals surface area contributed by atoms with Crippen molar-refractivity contribution >= 4 is 27.5 Å². The summed E-state index contributed by atoms with van der Waals surface area (Å²) >= 11 is 0. The fourth-order valence-electron chi connectivity index (χ4n) is 4.91. The van der Waals surface area contributed by atoms with Crippen molar-refractivity contribution in [3.63, 3.8) is 0 Å². The maximum atomic E-state index is 14.7. The molecule has 1 heterocycles. The van der Waals surface area contributed by atoms with Gasteiger partial charge >= 0.3 is 0 Å². The Balaban J connectivity index is 1.42. The topological polar surface area (TPSA) is 104 Å². The van der Waals surface area contributed by atoms with Crippen LogP contribution in [0.5, 0.6) is 0 Å². The molecule has 0 spiro atoms. The summed E-state index contributed by atoms with van der Waals surface area (Å²) in [7, 11) is -4.13. The molecule has 1 saturated heterocycles. The van der Waals surface area contributed by atoms with Crippen molar-refractivity contribution < 1.29 is 22.4 Å². The van der Waals surface area contributed by atoms with E-state index in [-0.39, 0.29) is 28.4 Å². The minimum Gasteiger partial charge on any atom is -0.325 e. The van der Waals surface area contributed by atoms with Crippen LogP contribution in [0.2, 0.25) is 0 Å². The Morgan fingerprint density at radius 3 is 2.39 bits per heavy atom. The smallest absolute Gasteiger partial charge is 0.267 e. The highest BCUT2D eigenvalue weighted by Gasteiger charge is 2.38. The lowest BCUT2D eigenvalue weighted by molar-refractivity contribution is -0.119. The van der Waals surface area contributed by atoms with Gasteiger partial charge < -0.3 is 10.6 Å². The largest absolute Gasteiger partial charge is 0.325 e. The van der Waals surface area contributed by atoms with Crippen LogP contribution < -0.4 is 15.4 Å². The Hall–Kier alpha value is -2.78. The molecule has 33 heavy (non-hydrogen) atoms. The van der Waals surface area contributed by atoms with Gasteiger partial charge in [0.1, 0.15) is 5.82 Å². The Morgan fingerprint density at radius 2 is 1.70 bits per heavy atom.